The van der Waals surface area contributed by atoms with Crippen molar-refractivity contribution in [3.8, 4) is 0 Å². The molecule has 1 aliphatic rings. The predicted molar refractivity (Wildman–Crippen MR) is 64.1 cm³/mol. The molecular weight excluding hydrogens is 262 g/mol. The molecule has 0 spiro atoms. The second-order valence-corrected chi connectivity index (χ2v) is 7.61. The van der Waals surface area contributed by atoms with E-state index in [4.69, 9.17) is 5.11 Å². The van der Waals surface area contributed by atoms with Crippen molar-refractivity contribution < 1.29 is 18.3 Å². The zero-order valence-electron chi connectivity index (χ0n) is 9.13. The van der Waals surface area contributed by atoms with Gasteiger partial charge in [-0.15, -0.1) is 11.3 Å². The molecule has 0 aromatic carbocycles. The summed E-state index contributed by atoms with van der Waals surface area (Å²) in [6.45, 7) is 0. The molecule has 0 aliphatic carbocycles. The van der Waals surface area contributed by atoms with E-state index in [1.54, 1.807) is 6.20 Å². The van der Waals surface area contributed by atoms with Crippen molar-refractivity contribution >= 4 is 27.1 Å². The minimum absolute atomic E-state index is 0.0112. The van der Waals surface area contributed by atoms with Crippen LogP contribution in [0.5, 0.6) is 0 Å². The summed E-state index contributed by atoms with van der Waals surface area (Å²) in [5, 5.41) is 9.53. The Morgan fingerprint density at radius 3 is 2.71 bits per heavy atom. The first-order valence-corrected chi connectivity index (χ1v) is 7.97. The molecule has 0 amide bonds. The van der Waals surface area contributed by atoms with Crippen molar-refractivity contribution in [3.05, 3.63) is 16.1 Å². The van der Waals surface area contributed by atoms with Crippen LogP contribution in [0, 0.1) is 0 Å². The van der Waals surface area contributed by atoms with E-state index in [1.165, 1.54) is 11.3 Å². The van der Waals surface area contributed by atoms with E-state index in [1.807, 2.05) is 0 Å². The van der Waals surface area contributed by atoms with E-state index < -0.39 is 15.8 Å². The molecule has 1 saturated heterocycles. The largest absolute Gasteiger partial charge is 0.481 e. The predicted octanol–water partition coefficient (Wildman–Crippen LogP) is 1.06. The lowest BCUT2D eigenvalue weighted by Gasteiger charge is -2.19. The highest BCUT2D eigenvalue weighted by Gasteiger charge is 2.26. The summed E-state index contributed by atoms with van der Waals surface area (Å²) >= 11 is 1.38. The number of nitrogens with zero attached hydrogens (tertiary/aromatic N) is 1. The second kappa shape index (κ2) is 4.73. The van der Waals surface area contributed by atoms with E-state index in [0.29, 0.717) is 12.8 Å². The van der Waals surface area contributed by atoms with Gasteiger partial charge in [0, 0.05) is 17.0 Å². The van der Waals surface area contributed by atoms with E-state index in [-0.39, 0.29) is 23.8 Å². The first-order valence-electron chi connectivity index (χ1n) is 5.33. The molecule has 1 N–H and O–H groups in total. The molecule has 7 heteroatoms. The Labute approximate surface area is 103 Å². The fraction of sp³-hybridized carbons (Fsp3) is 0.600. The third-order valence-corrected chi connectivity index (χ3v) is 5.68. The first-order chi connectivity index (χ1) is 7.96. The number of thiazole rings is 1. The minimum atomic E-state index is -2.85. The maximum Gasteiger partial charge on any atom is 0.308 e. The van der Waals surface area contributed by atoms with E-state index in [9.17, 15) is 13.2 Å². The third kappa shape index (κ3) is 3.26. The van der Waals surface area contributed by atoms with Crippen molar-refractivity contribution in [3.63, 3.8) is 0 Å². The lowest BCUT2D eigenvalue weighted by atomic mass is 10.0. The van der Waals surface area contributed by atoms with Gasteiger partial charge < -0.3 is 5.11 Å². The molecule has 1 aromatic rings. The summed E-state index contributed by atoms with van der Waals surface area (Å²) in [5.41, 5.74) is 0. The number of sulfone groups is 1. The first kappa shape index (κ1) is 12.5. The molecule has 1 fully saturated rings. The number of hydrogen-bond acceptors (Lipinski definition) is 5. The molecule has 0 radical (unpaired) electrons. The van der Waals surface area contributed by atoms with Gasteiger partial charge in [-0.1, -0.05) is 0 Å². The van der Waals surface area contributed by atoms with Gasteiger partial charge in [0.05, 0.1) is 22.9 Å². The average Bonchev–Trinajstić information content (AvgIpc) is 2.65. The minimum Gasteiger partial charge on any atom is -0.481 e. The summed E-state index contributed by atoms with van der Waals surface area (Å²) in [6, 6.07) is 0. The van der Waals surface area contributed by atoms with Gasteiger partial charge in [-0.25, -0.2) is 13.4 Å². The van der Waals surface area contributed by atoms with Gasteiger partial charge in [-0.2, -0.15) is 0 Å². The van der Waals surface area contributed by atoms with Crippen LogP contribution in [0.3, 0.4) is 0 Å². The Morgan fingerprint density at radius 2 is 2.12 bits per heavy atom. The highest BCUT2D eigenvalue weighted by atomic mass is 32.2. The third-order valence-electron chi connectivity index (χ3n) is 2.80. The van der Waals surface area contributed by atoms with Crippen molar-refractivity contribution in [1.29, 1.82) is 0 Å². The van der Waals surface area contributed by atoms with Gasteiger partial charge >= 0.3 is 5.97 Å². The molecule has 0 atom stereocenters. The number of carboxylic acid groups (broad SMARTS) is 1. The van der Waals surface area contributed by atoms with Gasteiger partial charge in [0.1, 0.15) is 9.84 Å². The molecule has 1 aromatic heterocycles. The average molecular weight is 275 g/mol. The van der Waals surface area contributed by atoms with Gasteiger partial charge in [0.2, 0.25) is 0 Å². The quantitative estimate of drug-likeness (QED) is 0.891. The van der Waals surface area contributed by atoms with Crippen LogP contribution < -0.4 is 0 Å². The van der Waals surface area contributed by atoms with Crippen LogP contribution in [0.25, 0.3) is 0 Å². The lowest BCUT2D eigenvalue weighted by molar-refractivity contribution is -0.136. The van der Waals surface area contributed by atoms with E-state index in [0.717, 1.165) is 9.88 Å². The molecule has 94 valence electrons. The fourth-order valence-corrected chi connectivity index (χ4v) is 4.45. The number of hydrogen-bond donors (Lipinski definition) is 1. The molecule has 2 rings (SSSR count). The number of aliphatic carboxylic acids is 1. The van der Waals surface area contributed by atoms with Crippen molar-refractivity contribution in [2.75, 3.05) is 11.5 Å². The molecule has 5 nitrogen and oxygen atoms in total. The molecule has 0 bridgehead atoms. The highest BCUT2D eigenvalue weighted by Crippen LogP contribution is 2.31. The van der Waals surface area contributed by atoms with Gasteiger partial charge in [-0.3, -0.25) is 4.79 Å². The maximum absolute atomic E-state index is 11.3. The highest BCUT2D eigenvalue weighted by molar-refractivity contribution is 7.91. The normalized spacial score (nSPS) is 20.2. The summed E-state index contributed by atoms with van der Waals surface area (Å²) < 4.78 is 22.6. The Balaban J connectivity index is 2.04. The van der Waals surface area contributed by atoms with Crippen LogP contribution in [0.15, 0.2) is 6.20 Å². The number of carbonyl (C=O) groups is 1. The van der Waals surface area contributed by atoms with Gasteiger partial charge in [-0.05, 0) is 12.8 Å². The Hall–Kier alpha value is -0.950. The van der Waals surface area contributed by atoms with Crippen LogP contribution in [-0.2, 0) is 21.1 Å². The van der Waals surface area contributed by atoms with Crippen LogP contribution >= 0.6 is 11.3 Å². The standard InChI is InChI=1S/C10H13NO4S2/c12-9(13)5-8-6-11-10(16-8)7-1-3-17(14,15)4-2-7/h6-7H,1-5H2,(H,12,13). The second-order valence-electron chi connectivity index (χ2n) is 4.16. The Bertz CT molecular complexity index is 506. The van der Waals surface area contributed by atoms with Gasteiger partial charge in [0.15, 0.2) is 0 Å². The summed E-state index contributed by atoms with van der Waals surface area (Å²) in [6.07, 6.45) is 2.77. The Morgan fingerprint density at radius 1 is 1.47 bits per heavy atom. The smallest absolute Gasteiger partial charge is 0.308 e. The molecule has 17 heavy (non-hydrogen) atoms. The maximum atomic E-state index is 11.3. The zero-order chi connectivity index (χ0) is 12.5. The van der Waals surface area contributed by atoms with Crippen LogP contribution in [-0.4, -0.2) is 36.0 Å². The molecule has 0 saturated carbocycles. The van der Waals surface area contributed by atoms with Crippen molar-refractivity contribution in [1.82, 2.24) is 4.98 Å². The van der Waals surface area contributed by atoms with E-state index in [2.05, 4.69) is 4.98 Å². The molecule has 2 heterocycles. The summed E-state index contributed by atoms with van der Waals surface area (Å²) in [7, 11) is -2.85. The summed E-state index contributed by atoms with van der Waals surface area (Å²) in [5.74, 6) is -0.269. The molecule has 0 unspecified atom stereocenters. The topological polar surface area (TPSA) is 84.3 Å². The SMILES string of the molecule is O=C(O)Cc1cnc(C2CCS(=O)(=O)CC2)s1. The Kier molecular flexibility index (Phi) is 3.48. The number of aromatic nitrogens is 1. The van der Waals surface area contributed by atoms with E-state index >= 15 is 0 Å². The lowest BCUT2D eigenvalue weighted by Crippen LogP contribution is -2.21. The number of carboxylic acids is 1. The zero-order valence-corrected chi connectivity index (χ0v) is 10.8. The van der Waals surface area contributed by atoms with Crippen molar-refractivity contribution in [2.24, 2.45) is 0 Å². The molecule has 1 aliphatic heterocycles. The van der Waals surface area contributed by atoms with Crippen LogP contribution in [0.4, 0.5) is 0 Å². The van der Waals surface area contributed by atoms with Crippen LogP contribution in [0.2, 0.25) is 0 Å². The van der Waals surface area contributed by atoms with Crippen LogP contribution in [0.1, 0.15) is 28.6 Å². The number of rotatable bonds is 3. The monoisotopic (exact) mass is 275 g/mol. The fourth-order valence-electron chi connectivity index (χ4n) is 1.88. The van der Waals surface area contributed by atoms with Gasteiger partial charge in [0.25, 0.3) is 0 Å². The molecular formula is C10H13NO4S2. The van der Waals surface area contributed by atoms with Crippen molar-refractivity contribution in [2.45, 2.75) is 25.2 Å². The summed E-state index contributed by atoms with van der Waals surface area (Å²) in [4.78, 5) is 15.5.